The molecule has 2 fully saturated rings. The number of pyridine rings is 1. The number of aryl methyl sites for hydroxylation is 1. The number of carbonyl (C=O) groups is 3. The lowest BCUT2D eigenvalue weighted by Gasteiger charge is -2.35. The van der Waals surface area contributed by atoms with Crippen LogP contribution >= 0.6 is 11.3 Å². The van der Waals surface area contributed by atoms with Crippen molar-refractivity contribution in [1.82, 2.24) is 30.3 Å². The van der Waals surface area contributed by atoms with Gasteiger partial charge in [0.15, 0.2) is 0 Å². The summed E-state index contributed by atoms with van der Waals surface area (Å²) in [5, 5.41) is 7.73. The molecule has 2 N–H and O–H groups in total. The van der Waals surface area contributed by atoms with Gasteiger partial charge in [-0.2, -0.15) is 0 Å². The molecule has 2 aliphatic heterocycles. The van der Waals surface area contributed by atoms with E-state index in [1.807, 2.05) is 24.4 Å². The van der Waals surface area contributed by atoms with Crippen molar-refractivity contribution in [3.63, 3.8) is 0 Å². The summed E-state index contributed by atoms with van der Waals surface area (Å²) >= 11 is 1.37. The zero-order valence-corrected chi connectivity index (χ0v) is 32.3. The predicted molar refractivity (Wildman–Crippen MR) is 201 cm³/mol. The second kappa shape index (κ2) is 15.1. The number of nitrogens with one attached hydrogen (secondary N) is 2. The third kappa shape index (κ3) is 7.27. The van der Waals surface area contributed by atoms with Crippen molar-refractivity contribution in [1.29, 1.82) is 0 Å². The molecule has 3 aliphatic rings. The molecule has 14 heteroatoms. The van der Waals surface area contributed by atoms with Gasteiger partial charge in [0.05, 0.1) is 34.8 Å². The molecule has 54 heavy (non-hydrogen) atoms. The molecule has 1 aromatic carbocycles. The number of hydrogen-bond acceptors (Lipinski definition) is 9. The predicted octanol–water partition coefficient (Wildman–Crippen LogP) is 6.35. The van der Waals surface area contributed by atoms with Crippen LogP contribution in [0.2, 0.25) is 0 Å². The first-order valence-electron chi connectivity index (χ1n) is 18.7. The third-order valence-corrected chi connectivity index (χ3v) is 12.1. The summed E-state index contributed by atoms with van der Waals surface area (Å²) in [5.74, 6) is -3.92. The highest BCUT2D eigenvalue weighted by molar-refractivity contribution is 7.10. The SMILES string of the molecule is CCn1c(-c2cccnc2[C@H](C)OC)c2c3cc(ccc31)-c1csc(n1)C[C@H](NC(=O)[C@@H]1[C@@H](C)[C@H]1C(F)F)C(=O)N1CCC[C@H](N1)C(=O)OCC(C)(C)C2. The van der Waals surface area contributed by atoms with E-state index in [1.54, 1.807) is 20.2 Å². The summed E-state index contributed by atoms with van der Waals surface area (Å²) in [6.07, 6.45) is 0.533. The number of carbonyl (C=O) groups excluding carboxylic acids is 3. The number of cyclic esters (lactones) is 1. The number of esters is 1. The van der Waals surface area contributed by atoms with Gasteiger partial charge in [0, 0.05) is 77.5 Å². The van der Waals surface area contributed by atoms with Gasteiger partial charge in [0.25, 0.3) is 5.91 Å². The van der Waals surface area contributed by atoms with Crippen LogP contribution in [0.5, 0.6) is 0 Å². The standard InChI is InChI=1S/C40H48F2N6O5S/c1-7-47-30-13-12-23-16-25(30)26(35(47)24-10-8-14-43-34(24)22(3)52-6)18-40(4,5)20-53-39(51)27-11-9-15-48(46-27)38(50)28(17-31-44-29(23)19-54-31)45-37(49)33-21(2)32(33)36(41)42/h8,10,12-14,16,19,21-22,27-28,32-33,36,46H,7,9,11,15,17-18,20H2,1-6H3,(H,45,49)/t21-,22-,27-,28-,32+,33+/m0/s1. The van der Waals surface area contributed by atoms with E-state index in [1.165, 1.54) is 16.3 Å². The fraction of sp³-hybridized carbons (Fsp3) is 0.525. The van der Waals surface area contributed by atoms with Gasteiger partial charge in [-0.05, 0) is 68.9 Å². The van der Waals surface area contributed by atoms with Gasteiger partial charge in [-0.15, -0.1) is 11.3 Å². The molecule has 5 heterocycles. The van der Waals surface area contributed by atoms with E-state index in [0.29, 0.717) is 37.4 Å². The number of hydrazine groups is 1. The summed E-state index contributed by atoms with van der Waals surface area (Å²) < 4.78 is 41.3. The number of alkyl halides is 2. The Hall–Kier alpha value is -4.27. The van der Waals surface area contributed by atoms with Crippen LogP contribution in [0.4, 0.5) is 8.78 Å². The van der Waals surface area contributed by atoms with Crippen LogP contribution in [0, 0.1) is 23.2 Å². The van der Waals surface area contributed by atoms with Gasteiger partial charge in [0.1, 0.15) is 12.1 Å². The molecule has 6 bridgehead atoms. The minimum Gasteiger partial charge on any atom is -0.464 e. The number of ether oxygens (including phenoxy) is 2. The molecule has 7 rings (SSSR count). The molecule has 6 atom stereocenters. The van der Waals surface area contributed by atoms with Gasteiger partial charge in [-0.1, -0.05) is 26.8 Å². The number of aromatic nitrogens is 3. The monoisotopic (exact) mass is 762 g/mol. The zero-order chi connectivity index (χ0) is 38.5. The normalized spacial score (nSPS) is 25.0. The minimum atomic E-state index is -2.62. The Labute approximate surface area is 317 Å². The molecule has 1 aliphatic carbocycles. The van der Waals surface area contributed by atoms with E-state index >= 15 is 0 Å². The van der Waals surface area contributed by atoms with Crippen molar-refractivity contribution in [2.24, 2.45) is 23.2 Å². The van der Waals surface area contributed by atoms with Crippen molar-refractivity contribution >= 4 is 40.0 Å². The Morgan fingerprint density at radius 2 is 2.04 bits per heavy atom. The molecular weight excluding hydrogens is 715 g/mol. The van der Waals surface area contributed by atoms with Crippen LogP contribution in [-0.4, -0.2) is 76.1 Å². The van der Waals surface area contributed by atoms with Gasteiger partial charge < -0.3 is 19.4 Å². The lowest BCUT2D eigenvalue weighted by Crippen LogP contribution is -2.60. The lowest BCUT2D eigenvalue weighted by molar-refractivity contribution is -0.155. The number of benzene rings is 1. The average Bonchev–Trinajstić information content (AvgIpc) is 3.48. The fourth-order valence-corrected chi connectivity index (χ4v) is 8.98. The fourth-order valence-electron chi connectivity index (χ4n) is 8.13. The van der Waals surface area contributed by atoms with Crippen LogP contribution in [0.15, 0.2) is 41.9 Å². The van der Waals surface area contributed by atoms with E-state index < -0.39 is 59.5 Å². The number of nitrogens with zero attached hydrogens (tertiary/aromatic N) is 4. The number of methoxy groups -OCH3 is 1. The molecule has 2 amide bonds. The largest absolute Gasteiger partial charge is 0.464 e. The van der Waals surface area contributed by atoms with Crippen molar-refractivity contribution in [3.05, 3.63) is 58.2 Å². The molecule has 11 nitrogen and oxygen atoms in total. The Morgan fingerprint density at radius 1 is 1.24 bits per heavy atom. The molecule has 0 radical (unpaired) electrons. The Kier molecular flexibility index (Phi) is 10.6. The second-order valence-corrected chi connectivity index (χ2v) is 16.5. The molecule has 4 aromatic rings. The first-order valence-corrected chi connectivity index (χ1v) is 19.6. The average molecular weight is 763 g/mol. The molecule has 3 aromatic heterocycles. The van der Waals surface area contributed by atoms with E-state index in [-0.39, 0.29) is 19.1 Å². The topological polar surface area (TPSA) is 128 Å². The Balaban J connectivity index is 1.33. The van der Waals surface area contributed by atoms with Crippen LogP contribution in [0.3, 0.4) is 0 Å². The number of rotatable bonds is 7. The number of amides is 2. The van der Waals surface area contributed by atoms with Gasteiger partial charge >= 0.3 is 5.97 Å². The Morgan fingerprint density at radius 3 is 2.76 bits per heavy atom. The van der Waals surface area contributed by atoms with Gasteiger partial charge in [-0.3, -0.25) is 24.4 Å². The van der Waals surface area contributed by atoms with Gasteiger partial charge in [0.2, 0.25) is 12.3 Å². The van der Waals surface area contributed by atoms with Crippen molar-refractivity contribution in [2.45, 2.75) is 91.5 Å². The molecule has 0 unspecified atom stereocenters. The Bertz CT molecular complexity index is 2060. The number of hydrogen-bond donors (Lipinski definition) is 2. The summed E-state index contributed by atoms with van der Waals surface area (Å²) in [6.45, 7) is 11.0. The van der Waals surface area contributed by atoms with Crippen LogP contribution in [0.1, 0.15) is 69.8 Å². The maximum absolute atomic E-state index is 14.1. The van der Waals surface area contributed by atoms with E-state index in [2.05, 4.69) is 54.3 Å². The minimum absolute atomic E-state index is 0.0580. The maximum Gasteiger partial charge on any atom is 0.324 e. The molecule has 0 spiro atoms. The maximum atomic E-state index is 14.1. The summed E-state index contributed by atoms with van der Waals surface area (Å²) in [5.41, 5.74) is 9.12. The van der Waals surface area contributed by atoms with Crippen molar-refractivity contribution < 1.29 is 32.6 Å². The van der Waals surface area contributed by atoms with Crippen LogP contribution < -0.4 is 10.7 Å². The number of thiazole rings is 1. The molecule has 1 saturated carbocycles. The second-order valence-electron chi connectivity index (χ2n) is 15.6. The van der Waals surface area contributed by atoms with E-state index in [0.717, 1.165) is 44.7 Å². The van der Waals surface area contributed by atoms with Crippen molar-refractivity contribution in [2.75, 3.05) is 20.3 Å². The van der Waals surface area contributed by atoms with Crippen LogP contribution in [0.25, 0.3) is 33.4 Å². The van der Waals surface area contributed by atoms with Crippen molar-refractivity contribution in [3.8, 4) is 22.5 Å². The smallest absolute Gasteiger partial charge is 0.324 e. The first kappa shape index (κ1) is 38.0. The zero-order valence-electron chi connectivity index (χ0n) is 31.5. The van der Waals surface area contributed by atoms with Gasteiger partial charge in [-0.25, -0.2) is 19.2 Å². The molecule has 288 valence electrons. The highest BCUT2D eigenvalue weighted by Gasteiger charge is 2.57. The van der Waals surface area contributed by atoms with E-state index in [4.69, 9.17) is 19.4 Å². The lowest BCUT2D eigenvalue weighted by atomic mass is 9.84. The quantitative estimate of drug-likeness (QED) is 0.209. The number of fused-ring (bicyclic) bond motifs is 6. The third-order valence-electron chi connectivity index (χ3n) is 11.2. The molecule has 1 saturated heterocycles. The highest BCUT2D eigenvalue weighted by Crippen LogP contribution is 2.50. The van der Waals surface area contributed by atoms with Crippen LogP contribution in [-0.2, 0) is 43.2 Å². The summed E-state index contributed by atoms with van der Waals surface area (Å²) in [4.78, 5) is 50.7. The van der Waals surface area contributed by atoms with E-state index in [9.17, 15) is 23.2 Å². The number of halogens is 2. The highest BCUT2D eigenvalue weighted by atomic mass is 32.1. The summed E-state index contributed by atoms with van der Waals surface area (Å²) in [6, 6.07) is 8.44. The summed E-state index contributed by atoms with van der Waals surface area (Å²) in [7, 11) is 1.67. The first-order chi connectivity index (χ1) is 25.8. The molecular formula is C40H48F2N6O5S.